The molecular weight excluding hydrogens is 328 g/mol. The molecule has 0 aliphatic carbocycles. The van der Waals surface area contributed by atoms with E-state index in [9.17, 15) is 4.79 Å². The zero-order valence-corrected chi connectivity index (χ0v) is 14.6. The number of carbonyl (C=O) groups is 1. The highest BCUT2D eigenvalue weighted by Crippen LogP contribution is 2.27. The molecule has 132 valence electrons. The molecule has 6 nitrogen and oxygen atoms in total. The summed E-state index contributed by atoms with van der Waals surface area (Å²) in [7, 11) is 0. The van der Waals surface area contributed by atoms with Crippen molar-refractivity contribution >= 4 is 11.6 Å². The highest BCUT2D eigenvalue weighted by atomic mass is 16.5. The molecule has 3 aromatic rings. The molecule has 1 amide bonds. The molecule has 0 bridgehead atoms. The van der Waals surface area contributed by atoms with Gasteiger partial charge in [0.25, 0.3) is 5.89 Å². The Hall–Kier alpha value is -2.99. The van der Waals surface area contributed by atoms with E-state index in [2.05, 4.69) is 26.4 Å². The van der Waals surface area contributed by atoms with E-state index in [1.165, 1.54) is 18.1 Å². The molecule has 26 heavy (non-hydrogen) atoms. The maximum Gasteiger partial charge on any atom is 0.257 e. The standard InChI is InChI=1S/C20H20N4O2/c1-14(25)21-18-9-5-8-16-12-24(11-10-17(16)18)13-19-22-20(26-23-19)15-6-3-2-4-7-15/h2-9H,10-13H2,1H3,(H,21,25). The fourth-order valence-corrected chi connectivity index (χ4v) is 3.33. The number of aromatic nitrogens is 2. The molecule has 6 heteroatoms. The zero-order valence-electron chi connectivity index (χ0n) is 14.6. The van der Waals surface area contributed by atoms with Gasteiger partial charge in [0.1, 0.15) is 0 Å². The van der Waals surface area contributed by atoms with E-state index < -0.39 is 0 Å². The average Bonchev–Trinajstić information content (AvgIpc) is 3.10. The molecule has 1 aliphatic heterocycles. The fourth-order valence-electron chi connectivity index (χ4n) is 3.33. The predicted molar refractivity (Wildman–Crippen MR) is 98.3 cm³/mol. The third kappa shape index (κ3) is 3.50. The van der Waals surface area contributed by atoms with Gasteiger partial charge in [0.2, 0.25) is 5.91 Å². The van der Waals surface area contributed by atoms with Crippen molar-refractivity contribution < 1.29 is 9.32 Å². The van der Waals surface area contributed by atoms with Gasteiger partial charge < -0.3 is 9.84 Å². The predicted octanol–water partition coefficient (Wildman–Crippen LogP) is 3.25. The normalized spacial score (nSPS) is 14.0. The summed E-state index contributed by atoms with van der Waals surface area (Å²) in [5, 5.41) is 7.04. The molecule has 4 rings (SSSR count). The van der Waals surface area contributed by atoms with Crippen molar-refractivity contribution in [1.82, 2.24) is 15.0 Å². The summed E-state index contributed by atoms with van der Waals surface area (Å²) < 4.78 is 5.39. The number of amides is 1. The molecule has 1 aromatic heterocycles. The van der Waals surface area contributed by atoms with Gasteiger partial charge in [-0.2, -0.15) is 4.98 Å². The van der Waals surface area contributed by atoms with Crippen LogP contribution in [0.5, 0.6) is 0 Å². The van der Waals surface area contributed by atoms with Crippen LogP contribution in [0, 0.1) is 0 Å². The minimum absolute atomic E-state index is 0.0407. The smallest absolute Gasteiger partial charge is 0.257 e. The van der Waals surface area contributed by atoms with Crippen molar-refractivity contribution in [2.75, 3.05) is 11.9 Å². The van der Waals surface area contributed by atoms with Gasteiger partial charge >= 0.3 is 0 Å². The number of rotatable bonds is 4. The lowest BCUT2D eigenvalue weighted by atomic mass is 9.97. The second kappa shape index (κ2) is 7.09. The van der Waals surface area contributed by atoms with Crippen LogP contribution < -0.4 is 5.32 Å². The molecule has 0 saturated carbocycles. The summed E-state index contributed by atoms with van der Waals surface area (Å²) >= 11 is 0. The Bertz CT molecular complexity index is 921. The number of benzene rings is 2. The van der Waals surface area contributed by atoms with Gasteiger partial charge in [-0.1, -0.05) is 35.5 Å². The van der Waals surface area contributed by atoms with E-state index in [1.54, 1.807) is 0 Å². The fraction of sp³-hybridized carbons (Fsp3) is 0.250. The molecule has 0 radical (unpaired) electrons. The van der Waals surface area contributed by atoms with Crippen LogP contribution >= 0.6 is 0 Å². The quantitative estimate of drug-likeness (QED) is 0.784. The van der Waals surface area contributed by atoms with Crippen LogP contribution in [-0.2, 0) is 24.3 Å². The molecule has 2 aromatic carbocycles. The summed E-state index contributed by atoms with van der Waals surface area (Å²) in [5.74, 6) is 1.19. The third-order valence-electron chi connectivity index (χ3n) is 4.51. The topological polar surface area (TPSA) is 71.3 Å². The number of hydrogen-bond acceptors (Lipinski definition) is 5. The van der Waals surface area contributed by atoms with Crippen LogP contribution in [-0.4, -0.2) is 27.5 Å². The molecule has 0 saturated heterocycles. The molecule has 0 atom stereocenters. The molecule has 1 aliphatic rings. The van der Waals surface area contributed by atoms with Crippen LogP contribution in [0.2, 0.25) is 0 Å². The molecule has 0 fully saturated rings. The average molecular weight is 348 g/mol. The van der Waals surface area contributed by atoms with Crippen LogP contribution in [0.15, 0.2) is 53.1 Å². The van der Waals surface area contributed by atoms with Crippen LogP contribution in [0.4, 0.5) is 5.69 Å². The van der Waals surface area contributed by atoms with Crippen LogP contribution in [0.3, 0.4) is 0 Å². The first kappa shape index (κ1) is 16.5. The summed E-state index contributed by atoms with van der Waals surface area (Å²) in [6.45, 7) is 3.87. The van der Waals surface area contributed by atoms with Gasteiger partial charge in [0.05, 0.1) is 6.54 Å². The van der Waals surface area contributed by atoms with Crippen LogP contribution in [0.25, 0.3) is 11.5 Å². The lowest BCUT2D eigenvalue weighted by Crippen LogP contribution is -2.31. The number of hydrogen-bond donors (Lipinski definition) is 1. The number of nitrogens with zero attached hydrogens (tertiary/aromatic N) is 3. The second-order valence-corrected chi connectivity index (χ2v) is 6.47. The Balaban J connectivity index is 1.47. The van der Waals surface area contributed by atoms with E-state index in [-0.39, 0.29) is 5.91 Å². The number of anilines is 1. The van der Waals surface area contributed by atoms with Crippen molar-refractivity contribution in [2.24, 2.45) is 0 Å². The number of fused-ring (bicyclic) bond motifs is 1. The summed E-state index contributed by atoms with van der Waals surface area (Å²) in [4.78, 5) is 18.2. The van der Waals surface area contributed by atoms with Gasteiger partial charge in [-0.05, 0) is 35.7 Å². The van der Waals surface area contributed by atoms with Crippen molar-refractivity contribution in [3.8, 4) is 11.5 Å². The zero-order chi connectivity index (χ0) is 17.9. The monoisotopic (exact) mass is 348 g/mol. The third-order valence-corrected chi connectivity index (χ3v) is 4.51. The number of carbonyl (C=O) groups excluding carboxylic acids is 1. The highest BCUT2D eigenvalue weighted by Gasteiger charge is 2.21. The number of nitrogens with one attached hydrogen (secondary N) is 1. The van der Waals surface area contributed by atoms with Crippen molar-refractivity contribution in [2.45, 2.75) is 26.4 Å². The van der Waals surface area contributed by atoms with Gasteiger partial charge in [-0.15, -0.1) is 0 Å². The summed E-state index contributed by atoms with van der Waals surface area (Å²) in [6, 6.07) is 15.8. The summed E-state index contributed by atoms with van der Waals surface area (Å²) in [6.07, 6.45) is 0.884. The molecule has 0 unspecified atom stereocenters. The largest absolute Gasteiger partial charge is 0.334 e. The van der Waals surface area contributed by atoms with Crippen LogP contribution in [0.1, 0.15) is 23.9 Å². The van der Waals surface area contributed by atoms with E-state index in [0.717, 1.165) is 30.8 Å². The minimum atomic E-state index is -0.0407. The molecule has 0 spiro atoms. The van der Waals surface area contributed by atoms with E-state index in [4.69, 9.17) is 4.52 Å². The van der Waals surface area contributed by atoms with E-state index in [1.807, 2.05) is 42.5 Å². The lowest BCUT2D eigenvalue weighted by Gasteiger charge is -2.29. The van der Waals surface area contributed by atoms with Crippen molar-refractivity contribution in [3.63, 3.8) is 0 Å². The summed E-state index contributed by atoms with van der Waals surface area (Å²) in [5.41, 5.74) is 4.29. The Labute approximate surface area is 151 Å². The second-order valence-electron chi connectivity index (χ2n) is 6.47. The Kier molecular flexibility index (Phi) is 4.50. The van der Waals surface area contributed by atoms with E-state index in [0.29, 0.717) is 18.3 Å². The minimum Gasteiger partial charge on any atom is -0.334 e. The molecule has 2 heterocycles. The van der Waals surface area contributed by atoms with Gasteiger partial charge in [-0.25, -0.2) is 0 Å². The highest BCUT2D eigenvalue weighted by molar-refractivity contribution is 5.89. The Morgan fingerprint density at radius 3 is 2.85 bits per heavy atom. The Morgan fingerprint density at radius 1 is 1.19 bits per heavy atom. The van der Waals surface area contributed by atoms with Gasteiger partial charge in [0, 0.05) is 31.3 Å². The maximum absolute atomic E-state index is 11.4. The lowest BCUT2D eigenvalue weighted by molar-refractivity contribution is -0.114. The maximum atomic E-state index is 11.4. The first-order valence-electron chi connectivity index (χ1n) is 8.68. The first-order valence-corrected chi connectivity index (χ1v) is 8.68. The molecule has 1 N–H and O–H groups in total. The Morgan fingerprint density at radius 2 is 2.04 bits per heavy atom. The van der Waals surface area contributed by atoms with E-state index >= 15 is 0 Å². The van der Waals surface area contributed by atoms with Gasteiger partial charge in [0.15, 0.2) is 5.82 Å². The first-order chi connectivity index (χ1) is 12.7. The molecular formula is C20H20N4O2. The van der Waals surface area contributed by atoms with Gasteiger partial charge in [-0.3, -0.25) is 9.69 Å². The van der Waals surface area contributed by atoms with Crippen molar-refractivity contribution in [3.05, 3.63) is 65.5 Å². The SMILES string of the molecule is CC(=O)Nc1cccc2c1CCN(Cc1noc(-c3ccccc3)n1)C2. The van der Waals surface area contributed by atoms with Crippen molar-refractivity contribution in [1.29, 1.82) is 0 Å².